The van der Waals surface area contributed by atoms with Crippen molar-refractivity contribution < 1.29 is 33.1 Å². The third kappa shape index (κ3) is 3.69. The van der Waals surface area contributed by atoms with Gasteiger partial charge in [-0.25, -0.2) is 0 Å². The minimum absolute atomic E-state index is 0.0982. The van der Waals surface area contributed by atoms with E-state index in [2.05, 4.69) is 4.74 Å². The predicted molar refractivity (Wildman–Crippen MR) is 56.5 cm³/mol. The van der Waals surface area contributed by atoms with Gasteiger partial charge in [0.1, 0.15) is 5.75 Å². The number of ether oxygens (including phenoxy) is 1. The van der Waals surface area contributed by atoms with Crippen LogP contribution in [0.3, 0.4) is 0 Å². The third-order valence-electron chi connectivity index (χ3n) is 2.09. The van der Waals surface area contributed by atoms with Gasteiger partial charge < -0.3 is 9.84 Å². The Balaban J connectivity index is 3.38. The summed E-state index contributed by atoms with van der Waals surface area (Å²) in [4.78, 5) is 30.9. The third-order valence-corrected chi connectivity index (χ3v) is 2.09. The van der Waals surface area contributed by atoms with E-state index in [-0.39, 0.29) is 11.8 Å². The zero-order valence-corrected chi connectivity index (χ0v) is 9.21. The van der Waals surface area contributed by atoms with Gasteiger partial charge in [-0.2, -0.15) is 8.78 Å². The molecule has 19 heavy (non-hydrogen) atoms. The zero-order chi connectivity index (χ0) is 14.6. The van der Waals surface area contributed by atoms with Gasteiger partial charge in [0.05, 0.1) is 16.9 Å². The maximum absolute atomic E-state index is 12.1. The lowest BCUT2D eigenvalue weighted by atomic mass is 10.1. The Bertz CT molecular complexity index is 531. The summed E-state index contributed by atoms with van der Waals surface area (Å²) < 4.78 is 28.3. The fourth-order valence-corrected chi connectivity index (χ4v) is 1.39. The SMILES string of the molecule is O=Cc1cc(OC(F)F)c(CC(=O)O)cc1[N+](=O)[O-]. The molecule has 7 nitrogen and oxygen atoms in total. The van der Waals surface area contributed by atoms with Crippen LogP contribution in [0, 0.1) is 10.1 Å². The first-order valence-electron chi connectivity index (χ1n) is 4.78. The van der Waals surface area contributed by atoms with Gasteiger partial charge in [0.25, 0.3) is 5.69 Å². The number of carbonyl (C=O) groups excluding carboxylic acids is 1. The van der Waals surface area contributed by atoms with E-state index >= 15 is 0 Å². The Morgan fingerprint density at radius 2 is 2.16 bits per heavy atom. The second kappa shape index (κ2) is 5.85. The van der Waals surface area contributed by atoms with Crippen molar-refractivity contribution in [1.29, 1.82) is 0 Å². The lowest BCUT2D eigenvalue weighted by molar-refractivity contribution is -0.385. The van der Waals surface area contributed by atoms with Crippen molar-refractivity contribution >= 4 is 17.9 Å². The van der Waals surface area contributed by atoms with Crippen molar-refractivity contribution in [1.82, 2.24) is 0 Å². The lowest BCUT2D eigenvalue weighted by Gasteiger charge is -2.10. The van der Waals surface area contributed by atoms with Gasteiger partial charge in [-0.15, -0.1) is 0 Å². The van der Waals surface area contributed by atoms with Crippen molar-refractivity contribution in [2.45, 2.75) is 13.0 Å². The highest BCUT2D eigenvalue weighted by Gasteiger charge is 2.21. The maximum Gasteiger partial charge on any atom is 0.387 e. The summed E-state index contributed by atoms with van der Waals surface area (Å²) in [6.07, 6.45) is -0.650. The summed E-state index contributed by atoms with van der Waals surface area (Å²) in [5.41, 5.74) is -1.47. The number of aliphatic carboxylic acids is 1. The number of carboxylic acids is 1. The molecular formula is C10H7F2NO6. The number of nitro benzene ring substituents is 1. The highest BCUT2D eigenvalue weighted by molar-refractivity contribution is 5.83. The first-order chi connectivity index (χ1) is 8.85. The molecule has 1 aromatic carbocycles. The van der Waals surface area contributed by atoms with E-state index in [1.54, 1.807) is 0 Å². The molecule has 0 atom stereocenters. The summed E-state index contributed by atoms with van der Waals surface area (Å²) in [6, 6.07) is 1.45. The summed E-state index contributed by atoms with van der Waals surface area (Å²) in [7, 11) is 0. The number of halogens is 2. The topological polar surface area (TPSA) is 107 Å². The largest absolute Gasteiger partial charge is 0.481 e. The molecule has 1 aromatic rings. The fourth-order valence-electron chi connectivity index (χ4n) is 1.39. The fraction of sp³-hybridized carbons (Fsp3) is 0.200. The first-order valence-corrected chi connectivity index (χ1v) is 4.78. The smallest absolute Gasteiger partial charge is 0.387 e. The highest BCUT2D eigenvalue weighted by atomic mass is 19.3. The number of aldehydes is 1. The van der Waals surface area contributed by atoms with Crippen molar-refractivity contribution in [3.63, 3.8) is 0 Å². The standard InChI is InChI=1S/C10H7F2NO6/c11-10(12)19-8-2-6(4-14)7(13(17)18)1-5(8)3-9(15)16/h1-2,4,10H,3H2,(H,15,16). The van der Waals surface area contributed by atoms with Gasteiger partial charge in [0, 0.05) is 11.6 Å². The number of hydrogen-bond acceptors (Lipinski definition) is 5. The lowest BCUT2D eigenvalue weighted by Crippen LogP contribution is -2.09. The van der Waals surface area contributed by atoms with E-state index in [0.717, 1.165) is 12.1 Å². The molecule has 0 amide bonds. The molecule has 0 fully saturated rings. The van der Waals surface area contributed by atoms with Crippen molar-refractivity contribution in [2.24, 2.45) is 0 Å². The molecule has 0 saturated heterocycles. The number of nitro groups is 1. The molecule has 0 aromatic heterocycles. The Labute approximate surface area is 104 Å². The number of carbonyl (C=O) groups is 2. The molecule has 0 saturated carbocycles. The van der Waals surface area contributed by atoms with E-state index < -0.39 is 40.9 Å². The quantitative estimate of drug-likeness (QED) is 0.480. The number of alkyl halides is 2. The average Bonchev–Trinajstić information content (AvgIpc) is 2.29. The Hall–Kier alpha value is -2.58. The van der Waals surface area contributed by atoms with Crippen molar-refractivity contribution in [3.8, 4) is 5.75 Å². The second-order valence-electron chi connectivity index (χ2n) is 3.34. The minimum atomic E-state index is -3.24. The van der Waals surface area contributed by atoms with Crippen LogP contribution in [0.15, 0.2) is 12.1 Å². The van der Waals surface area contributed by atoms with Crippen LogP contribution in [0.4, 0.5) is 14.5 Å². The van der Waals surface area contributed by atoms with Crippen LogP contribution in [0.5, 0.6) is 5.75 Å². The molecule has 0 bridgehead atoms. The summed E-state index contributed by atoms with van der Waals surface area (Å²) in [6.45, 7) is -3.24. The zero-order valence-electron chi connectivity index (χ0n) is 9.21. The Kier molecular flexibility index (Phi) is 4.46. The monoisotopic (exact) mass is 275 g/mol. The molecule has 0 spiro atoms. The summed E-state index contributed by atoms with van der Waals surface area (Å²) in [5, 5.41) is 19.3. The second-order valence-corrected chi connectivity index (χ2v) is 3.34. The number of carboxylic acid groups (broad SMARTS) is 1. The molecule has 9 heteroatoms. The van der Waals surface area contributed by atoms with Crippen LogP contribution in [0.25, 0.3) is 0 Å². The molecule has 1 rings (SSSR count). The van der Waals surface area contributed by atoms with E-state index in [1.807, 2.05) is 0 Å². The predicted octanol–water partition coefficient (Wildman–Crippen LogP) is 1.64. The van der Waals surface area contributed by atoms with Crippen LogP contribution in [-0.2, 0) is 11.2 Å². The number of nitrogens with zero attached hydrogens (tertiary/aromatic N) is 1. The number of benzene rings is 1. The first kappa shape index (κ1) is 14.5. The highest BCUT2D eigenvalue weighted by Crippen LogP contribution is 2.29. The normalized spacial score (nSPS) is 10.3. The van der Waals surface area contributed by atoms with Gasteiger partial charge >= 0.3 is 12.6 Å². The molecule has 0 heterocycles. The van der Waals surface area contributed by atoms with Gasteiger partial charge in [-0.1, -0.05) is 0 Å². The van der Waals surface area contributed by atoms with E-state index in [9.17, 15) is 28.5 Å². The molecular weight excluding hydrogens is 268 g/mol. The van der Waals surface area contributed by atoms with Crippen LogP contribution in [-0.4, -0.2) is 28.9 Å². The molecule has 0 radical (unpaired) electrons. The van der Waals surface area contributed by atoms with Crippen LogP contribution in [0.1, 0.15) is 15.9 Å². The molecule has 0 aliphatic heterocycles. The summed E-state index contributed by atoms with van der Waals surface area (Å²) >= 11 is 0. The van der Waals surface area contributed by atoms with Crippen molar-refractivity contribution in [3.05, 3.63) is 33.4 Å². The molecule has 102 valence electrons. The average molecular weight is 275 g/mol. The van der Waals surface area contributed by atoms with E-state index in [0.29, 0.717) is 0 Å². The van der Waals surface area contributed by atoms with Crippen molar-refractivity contribution in [2.75, 3.05) is 0 Å². The molecule has 1 N–H and O–H groups in total. The molecule has 0 aliphatic carbocycles. The van der Waals surface area contributed by atoms with Gasteiger partial charge in [-0.05, 0) is 6.07 Å². The van der Waals surface area contributed by atoms with E-state index in [1.165, 1.54) is 0 Å². The number of rotatable bonds is 6. The van der Waals surface area contributed by atoms with Gasteiger partial charge in [0.15, 0.2) is 6.29 Å². The van der Waals surface area contributed by atoms with Crippen LogP contribution < -0.4 is 4.74 Å². The van der Waals surface area contributed by atoms with Gasteiger partial charge in [0.2, 0.25) is 0 Å². The maximum atomic E-state index is 12.1. The van der Waals surface area contributed by atoms with E-state index in [4.69, 9.17) is 5.11 Å². The Morgan fingerprint density at radius 1 is 1.53 bits per heavy atom. The molecule has 0 aliphatic rings. The van der Waals surface area contributed by atoms with Gasteiger partial charge in [-0.3, -0.25) is 19.7 Å². The van der Waals surface area contributed by atoms with Crippen LogP contribution in [0.2, 0.25) is 0 Å². The summed E-state index contributed by atoms with van der Waals surface area (Å²) in [5.74, 6) is -1.96. The molecule has 0 unspecified atom stereocenters. The Morgan fingerprint density at radius 3 is 2.58 bits per heavy atom. The van der Waals surface area contributed by atoms with Crippen LogP contribution >= 0.6 is 0 Å². The number of hydrogen-bond donors (Lipinski definition) is 1. The minimum Gasteiger partial charge on any atom is -0.481 e.